The van der Waals surface area contributed by atoms with Gasteiger partial charge in [-0.3, -0.25) is 24.0 Å². The Morgan fingerprint density at radius 3 is 1.92 bits per heavy atom. The first-order valence-corrected chi connectivity index (χ1v) is 12.3. The number of hydrogen-bond acceptors (Lipinski definition) is 8. The third-order valence-electron chi connectivity index (χ3n) is 5.57. The molecule has 0 spiro atoms. The van der Waals surface area contributed by atoms with E-state index in [0.717, 1.165) is 0 Å². The lowest BCUT2D eigenvalue weighted by molar-refractivity contribution is -0.151. The molecule has 0 aromatic rings. The van der Waals surface area contributed by atoms with Crippen LogP contribution in [-0.4, -0.2) is 90.2 Å². The number of rotatable bonds is 19. The maximum Gasteiger partial charge on any atom is 0.326 e. The van der Waals surface area contributed by atoms with Crippen LogP contribution in [0.5, 0.6) is 0 Å². The molecule has 13 heteroatoms. The number of carboxylic acids is 2. The minimum atomic E-state index is -1.38. The lowest BCUT2D eigenvalue weighted by Crippen LogP contribution is -2.55. The van der Waals surface area contributed by atoms with Gasteiger partial charge in [0, 0.05) is 18.4 Å². The van der Waals surface area contributed by atoms with Gasteiger partial charge in [0.25, 0.3) is 0 Å². The van der Waals surface area contributed by atoms with Crippen LogP contribution in [0.4, 0.5) is 0 Å². The van der Waals surface area contributed by atoms with Crippen LogP contribution in [0.25, 0.3) is 0 Å². The summed E-state index contributed by atoms with van der Waals surface area (Å²) in [6.45, 7) is 11.2. The van der Waals surface area contributed by atoms with Gasteiger partial charge in [-0.05, 0) is 47.5 Å². The molecule has 1 unspecified atom stereocenters. The third-order valence-corrected chi connectivity index (χ3v) is 5.57. The van der Waals surface area contributed by atoms with Crippen molar-refractivity contribution in [2.24, 2.45) is 10.8 Å². The van der Waals surface area contributed by atoms with Crippen molar-refractivity contribution in [3.05, 3.63) is 0 Å². The van der Waals surface area contributed by atoms with Crippen molar-refractivity contribution in [1.82, 2.24) is 16.0 Å². The second kappa shape index (κ2) is 15.4. The lowest BCUT2D eigenvalue weighted by atomic mass is 9.74. The van der Waals surface area contributed by atoms with E-state index < -0.39 is 52.1 Å². The van der Waals surface area contributed by atoms with E-state index in [4.69, 9.17) is 9.47 Å². The molecule has 3 amide bonds. The van der Waals surface area contributed by atoms with E-state index in [-0.39, 0.29) is 58.0 Å². The summed E-state index contributed by atoms with van der Waals surface area (Å²) < 4.78 is 10.3. The largest absolute Gasteiger partial charge is 0.481 e. The molecular formula is C25H43N3O10. The van der Waals surface area contributed by atoms with Gasteiger partial charge in [0.2, 0.25) is 17.7 Å². The minimum absolute atomic E-state index is 0.0106. The van der Waals surface area contributed by atoms with E-state index in [0.29, 0.717) is 0 Å². The van der Waals surface area contributed by atoms with E-state index in [1.807, 2.05) is 0 Å². The number of carbonyl (C=O) groups is 6. The topological polar surface area (TPSA) is 197 Å². The quantitative estimate of drug-likeness (QED) is 0.142. The van der Waals surface area contributed by atoms with Crippen LogP contribution in [0.1, 0.15) is 67.7 Å². The Kier molecular flexibility index (Phi) is 14.1. The normalized spacial score (nSPS) is 12.8. The Labute approximate surface area is 223 Å². The Morgan fingerprint density at radius 2 is 1.39 bits per heavy atom. The van der Waals surface area contributed by atoms with Crippen LogP contribution in [0.3, 0.4) is 0 Å². The van der Waals surface area contributed by atoms with Crippen LogP contribution in [0.2, 0.25) is 0 Å². The number of amides is 3. The summed E-state index contributed by atoms with van der Waals surface area (Å²) in [4.78, 5) is 71.4. The van der Waals surface area contributed by atoms with Crippen LogP contribution < -0.4 is 16.0 Å². The fourth-order valence-corrected chi connectivity index (χ4v) is 3.51. The van der Waals surface area contributed by atoms with Gasteiger partial charge in [-0.15, -0.1) is 0 Å². The average molecular weight is 546 g/mol. The molecule has 1 atom stereocenters. The highest BCUT2D eigenvalue weighted by molar-refractivity contribution is 5.91. The van der Waals surface area contributed by atoms with E-state index in [1.165, 1.54) is 48.5 Å². The lowest BCUT2D eigenvalue weighted by Gasteiger charge is -2.32. The molecule has 13 nitrogen and oxygen atoms in total. The zero-order chi connectivity index (χ0) is 29.7. The molecule has 0 aliphatic heterocycles. The monoisotopic (exact) mass is 545 g/mol. The Hall–Kier alpha value is -3.06. The summed E-state index contributed by atoms with van der Waals surface area (Å²) in [5.74, 6) is -4.23. The zero-order valence-corrected chi connectivity index (χ0v) is 23.4. The first kappa shape index (κ1) is 34.9. The number of hydrogen-bond donors (Lipinski definition) is 5. The maximum absolute atomic E-state index is 12.7. The smallest absolute Gasteiger partial charge is 0.326 e. The Morgan fingerprint density at radius 1 is 0.816 bits per heavy atom. The van der Waals surface area contributed by atoms with E-state index in [2.05, 4.69) is 16.0 Å². The first-order chi connectivity index (χ1) is 17.3. The van der Waals surface area contributed by atoms with Crippen LogP contribution >= 0.6 is 0 Å². The molecule has 0 aromatic heterocycles. The van der Waals surface area contributed by atoms with E-state index in [1.54, 1.807) is 0 Å². The van der Waals surface area contributed by atoms with Crippen LogP contribution in [-0.2, 0) is 38.2 Å². The number of carboxylic acid groups (broad SMARTS) is 2. The van der Waals surface area contributed by atoms with Gasteiger partial charge in [0.15, 0.2) is 5.78 Å². The molecule has 0 fully saturated rings. The highest BCUT2D eigenvalue weighted by Gasteiger charge is 2.40. The molecular weight excluding hydrogens is 502 g/mol. The number of carbonyl (C=O) groups excluding carboxylic acids is 4. The zero-order valence-electron chi connectivity index (χ0n) is 23.4. The van der Waals surface area contributed by atoms with Crippen molar-refractivity contribution >= 4 is 35.4 Å². The molecule has 0 aliphatic rings. The average Bonchev–Trinajstić information content (AvgIpc) is 2.76. The fourth-order valence-electron chi connectivity index (χ4n) is 3.51. The summed E-state index contributed by atoms with van der Waals surface area (Å²) >= 11 is 0. The number of ketones is 1. The van der Waals surface area contributed by atoms with Crippen molar-refractivity contribution in [2.45, 2.75) is 79.3 Å². The Bertz CT molecular complexity index is 867. The molecule has 0 heterocycles. The van der Waals surface area contributed by atoms with Crippen molar-refractivity contribution < 1.29 is 48.5 Å². The molecule has 0 bridgehead atoms. The molecule has 0 aromatic carbocycles. The third kappa shape index (κ3) is 13.5. The molecule has 5 N–H and O–H groups in total. The van der Waals surface area contributed by atoms with Gasteiger partial charge in [-0.25, -0.2) is 4.79 Å². The molecule has 38 heavy (non-hydrogen) atoms. The molecule has 0 aliphatic carbocycles. The van der Waals surface area contributed by atoms with Gasteiger partial charge in [-0.2, -0.15) is 0 Å². The van der Waals surface area contributed by atoms with Crippen LogP contribution in [0.15, 0.2) is 0 Å². The summed E-state index contributed by atoms with van der Waals surface area (Å²) in [5, 5.41) is 26.4. The predicted molar refractivity (Wildman–Crippen MR) is 136 cm³/mol. The van der Waals surface area contributed by atoms with Crippen molar-refractivity contribution in [3.63, 3.8) is 0 Å². The highest BCUT2D eigenvalue weighted by atomic mass is 16.5. The number of aliphatic carboxylic acids is 2. The van der Waals surface area contributed by atoms with Gasteiger partial charge < -0.3 is 35.6 Å². The SMILES string of the molecule is CC(=O)COCCOCCNC(=O)C(C)(C)NC(=O)CCC(NC(=O)C(C)(C)CC(C)(C)C(=O)O)C(=O)O. The molecule has 0 rings (SSSR count). The summed E-state index contributed by atoms with van der Waals surface area (Å²) in [6.07, 6.45) is -0.545. The number of Topliss-reactive ketones (excluding diaryl/α,β-unsaturated/α-hetero) is 1. The summed E-state index contributed by atoms with van der Waals surface area (Å²) in [6, 6.07) is -1.38. The number of ether oxygens (including phenoxy) is 2. The van der Waals surface area contributed by atoms with Crippen molar-refractivity contribution in [1.29, 1.82) is 0 Å². The van der Waals surface area contributed by atoms with Crippen LogP contribution in [0, 0.1) is 10.8 Å². The fraction of sp³-hybridized carbons (Fsp3) is 0.760. The van der Waals surface area contributed by atoms with Gasteiger partial charge in [-0.1, -0.05) is 13.8 Å². The molecule has 218 valence electrons. The van der Waals surface area contributed by atoms with E-state index in [9.17, 15) is 39.0 Å². The standard InChI is InChI=1S/C25H43N3O10/c1-16(29)14-38-13-12-37-11-10-26-21(34)25(6,7)28-18(30)9-8-17(19(31)32)27-20(33)23(2,3)15-24(4,5)22(35)36/h17H,8-15H2,1-7H3,(H,26,34)(H,27,33)(H,28,30)(H,31,32)(H,35,36). The summed E-state index contributed by atoms with van der Waals surface area (Å²) in [5.41, 5.74) is -3.68. The first-order valence-electron chi connectivity index (χ1n) is 12.3. The number of nitrogens with one attached hydrogen (secondary N) is 3. The second-order valence-electron chi connectivity index (χ2n) is 10.9. The molecule has 0 saturated heterocycles. The second-order valence-corrected chi connectivity index (χ2v) is 10.9. The van der Waals surface area contributed by atoms with Crippen molar-refractivity contribution in [3.8, 4) is 0 Å². The van der Waals surface area contributed by atoms with Gasteiger partial charge in [0.1, 0.15) is 18.2 Å². The van der Waals surface area contributed by atoms with E-state index >= 15 is 0 Å². The van der Waals surface area contributed by atoms with Gasteiger partial charge in [0.05, 0.1) is 25.2 Å². The van der Waals surface area contributed by atoms with Gasteiger partial charge >= 0.3 is 11.9 Å². The minimum Gasteiger partial charge on any atom is -0.481 e. The van der Waals surface area contributed by atoms with Crippen molar-refractivity contribution in [2.75, 3.05) is 33.0 Å². The molecule has 0 radical (unpaired) electrons. The predicted octanol–water partition coefficient (Wildman–Crippen LogP) is 0.496. The summed E-state index contributed by atoms with van der Waals surface area (Å²) in [7, 11) is 0. The highest BCUT2D eigenvalue weighted by Crippen LogP contribution is 2.34. The Balaban J connectivity index is 4.68. The molecule has 0 saturated carbocycles. The maximum atomic E-state index is 12.7.